The molecule has 0 N–H and O–H groups in total. The van der Waals surface area contributed by atoms with Crippen LogP contribution < -0.4 is 0 Å². The van der Waals surface area contributed by atoms with Gasteiger partial charge in [0.25, 0.3) is 0 Å². The van der Waals surface area contributed by atoms with E-state index in [1.165, 1.54) is 21.4 Å². The molecule has 160 valence electrons. The van der Waals surface area contributed by atoms with Gasteiger partial charge in [0, 0.05) is 22.7 Å². The van der Waals surface area contributed by atoms with Crippen molar-refractivity contribution in [2.24, 2.45) is 0 Å². The fourth-order valence-corrected chi connectivity index (χ4v) is 5.45. The van der Waals surface area contributed by atoms with Crippen molar-refractivity contribution >= 4 is 44.2 Å². The Kier molecular flexibility index (Phi) is 4.97. The number of hydrogen-bond donors (Lipinski definition) is 0. The van der Waals surface area contributed by atoms with Crippen LogP contribution in [0.25, 0.3) is 42.9 Å². The van der Waals surface area contributed by atoms with E-state index >= 15 is 0 Å². The van der Waals surface area contributed by atoms with Crippen molar-refractivity contribution in [1.29, 1.82) is 0 Å². The summed E-state index contributed by atoms with van der Waals surface area (Å²) in [4.78, 5) is 9.66. The summed E-state index contributed by atoms with van der Waals surface area (Å²) < 4.78 is 3.38. The standard InChI is InChI=1S/C28H20ClN3S/c1-18-13-23(20-7-10-22(29)11-8-20)27-25(14-18)31-28(33-27)21-9-12-26-24(15-21)30-17-32(26)16-19-5-3-2-4-6-19/h2-15,17H,16H2,1H3. The SMILES string of the molecule is Cc1cc(-c2ccc(Cl)cc2)c2sc(-c3ccc4c(c3)ncn4Cc3ccccc3)nc2c1. The number of thiazole rings is 1. The Morgan fingerprint density at radius 3 is 2.45 bits per heavy atom. The summed E-state index contributed by atoms with van der Waals surface area (Å²) in [6, 6.07) is 29.3. The first-order valence-electron chi connectivity index (χ1n) is 10.8. The average Bonchev–Trinajstić information content (AvgIpc) is 3.44. The molecule has 0 unspecified atom stereocenters. The van der Waals surface area contributed by atoms with Crippen LogP contribution in [0.4, 0.5) is 0 Å². The van der Waals surface area contributed by atoms with E-state index in [1.54, 1.807) is 11.3 Å². The molecule has 33 heavy (non-hydrogen) atoms. The number of imidazole rings is 1. The maximum Gasteiger partial charge on any atom is 0.124 e. The fraction of sp³-hybridized carbons (Fsp3) is 0.0714. The molecule has 0 aliphatic carbocycles. The first-order valence-corrected chi connectivity index (χ1v) is 12.0. The van der Waals surface area contributed by atoms with E-state index in [1.807, 2.05) is 24.5 Å². The minimum absolute atomic E-state index is 0.743. The lowest BCUT2D eigenvalue weighted by atomic mass is 10.0. The van der Waals surface area contributed by atoms with Gasteiger partial charge < -0.3 is 4.57 Å². The topological polar surface area (TPSA) is 30.7 Å². The molecular formula is C28H20ClN3S. The van der Waals surface area contributed by atoms with Gasteiger partial charge in [0.15, 0.2) is 0 Å². The Bertz CT molecular complexity index is 1600. The molecule has 0 amide bonds. The van der Waals surface area contributed by atoms with E-state index in [0.717, 1.165) is 44.3 Å². The van der Waals surface area contributed by atoms with Gasteiger partial charge in [-0.15, -0.1) is 11.3 Å². The lowest BCUT2D eigenvalue weighted by Gasteiger charge is -2.05. The van der Waals surface area contributed by atoms with E-state index in [4.69, 9.17) is 16.6 Å². The van der Waals surface area contributed by atoms with Crippen LogP contribution in [0.5, 0.6) is 0 Å². The second-order valence-electron chi connectivity index (χ2n) is 8.25. The molecule has 0 saturated carbocycles. The highest BCUT2D eigenvalue weighted by atomic mass is 35.5. The third kappa shape index (κ3) is 3.82. The maximum absolute atomic E-state index is 6.11. The molecule has 0 atom stereocenters. The van der Waals surface area contributed by atoms with E-state index in [0.29, 0.717) is 0 Å². The third-order valence-electron chi connectivity index (χ3n) is 5.85. The number of fused-ring (bicyclic) bond motifs is 2. The maximum atomic E-state index is 6.11. The van der Waals surface area contributed by atoms with Crippen LogP contribution in [0.1, 0.15) is 11.1 Å². The summed E-state index contributed by atoms with van der Waals surface area (Å²) >= 11 is 7.83. The minimum atomic E-state index is 0.743. The molecule has 2 heterocycles. The Morgan fingerprint density at radius 1 is 0.848 bits per heavy atom. The van der Waals surface area contributed by atoms with Crippen molar-refractivity contribution in [2.45, 2.75) is 13.5 Å². The highest BCUT2D eigenvalue weighted by molar-refractivity contribution is 7.22. The summed E-state index contributed by atoms with van der Waals surface area (Å²) in [5.41, 5.74) is 9.02. The van der Waals surface area contributed by atoms with Crippen LogP contribution in [0, 0.1) is 6.92 Å². The van der Waals surface area contributed by atoms with Crippen LogP contribution in [-0.4, -0.2) is 14.5 Å². The molecule has 0 radical (unpaired) electrons. The molecule has 5 heteroatoms. The van der Waals surface area contributed by atoms with Crippen molar-refractivity contribution in [2.75, 3.05) is 0 Å². The van der Waals surface area contributed by atoms with Gasteiger partial charge in [0.1, 0.15) is 5.01 Å². The van der Waals surface area contributed by atoms with E-state index in [2.05, 4.69) is 83.2 Å². The van der Waals surface area contributed by atoms with Crippen molar-refractivity contribution in [1.82, 2.24) is 14.5 Å². The molecule has 4 aromatic carbocycles. The quantitative estimate of drug-likeness (QED) is 0.264. The van der Waals surface area contributed by atoms with Crippen molar-refractivity contribution < 1.29 is 0 Å². The summed E-state index contributed by atoms with van der Waals surface area (Å²) in [6.45, 7) is 2.92. The predicted octanol–water partition coefficient (Wildman–Crippen LogP) is 7.99. The summed E-state index contributed by atoms with van der Waals surface area (Å²) in [7, 11) is 0. The zero-order valence-electron chi connectivity index (χ0n) is 18.0. The van der Waals surface area contributed by atoms with Gasteiger partial charge in [-0.1, -0.05) is 54.1 Å². The zero-order chi connectivity index (χ0) is 22.4. The van der Waals surface area contributed by atoms with Gasteiger partial charge in [-0.3, -0.25) is 0 Å². The van der Waals surface area contributed by atoms with Crippen molar-refractivity contribution in [3.05, 3.63) is 107 Å². The predicted molar refractivity (Wildman–Crippen MR) is 139 cm³/mol. The number of aryl methyl sites for hydroxylation is 1. The van der Waals surface area contributed by atoms with Crippen LogP contribution in [0.3, 0.4) is 0 Å². The van der Waals surface area contributed by atoms with Gasteiger partial charge in [0.05, 0.1) is 27.6 Å². The van der Waals surface area contributed by atoms with Crippen LogP contribution >= 0.6 is 22.9 Å². The summed E-state index contributed by atoms with van der Waals surface area (Å²) in [5.74, 6) is 0. The van der Waals surface area contributed by atoms with E-state index in [9.17, 15) is 0 Å². The fourth-order valence-electron chi connectivity index (χ4n) is 4.24. The first-order chi connectivity index (χ1) is 16.1. The second kappa shape index (κ2) is 8.14. The van der Waals surface area contributed by atoms with Gasteiger partial charge in [-0.05, 0) is 66.1 Å². The molecule has 0 bridgehead atoms. The monoisotopic (exact) mass is 465 g/mol. The van der Waals surface area contributed by atoms with E-state index in [-0.39, 0.29) is 0 Å². The molecule has 0 saturated heterocycles. The lowest BCUT2D eigenvalue weighted by molar-refractivity contribution is 0.824. The lowest BCUT2D eigenvalue weighted by Crippen LogP contribution is -1.97. The molecule has 0 aliphatic rings. The zero-order valence-corrected chi connectivity index (χ0v) is 19.6. The molecule has 2 aromatic heterocycles. The largest absolute Gasteiger partial charge is 0.326 e. The van der Waals surface area contributed by atoms with E-state index < -0.39 is 0 Å². The molecule has 0 aliphatic heterocycles. The average molecular weight is 466 g/mol. The normalized spacial score (nSPS) is 11.5. The Morgan fingerprint density at radius 2 is 1.64 bits per heavy atom. The molecule has 3 nitrogen and oxygen atoms in total. The van der Waals surface area contributed by atoms with Gasteiger partial charge in [0.2, 0.25) is 0 Å². The Hall–Kier alpha value is -3.47. The summed E-state index contributed by atoms with van der Waals surface area (Å²) in [5, 5.41) is 1.75. The van der Waals surface area contributed by atoms with Crippen LogP contribution in [-0.2, 0) is 6.54 Å². The molecule has 6 aromatic rings. The molecular weight excluding hydrogens is 446 g/mol. The van der Waals surface area contributed by atoms with Gasteiger partial charge >= 0.3 is 0 Å². The van der Waals surface area contributed by atoms with Crippen LogP contribution in [0.2, 0.25) is 5.02 Å². The van der Waals surface area contributed by atoms with Gasteiger partial charge in [-0.25, -0.2) is 9.97 Å². The number of rotatable bonds is 4. The highest BCUT2D eigenvalue weighted by Crippen LogP contribution is 2.38. The van der Waals surface area contributed by atoms with Gasteiger partial charge in [-0.2, -0.15) is 0 Å². The van der Waals surface area contributed by atoms with Crippen molar-refractivity contribution in [3.63, 3.8) is 0 Å². The Labute approximate surface area is 200 Å². The first kappa shape index (κ1) is 20.2. The Balaban J connectivity index is 1.41. The summed E-state index contributed by atoms with van der Waals surface area (Å²) in [6.07, 6.45) is 1.92. The van der Waals surface area contributed by atoms with Crippen LogP contribution in [0.15, 0.2) is 91.3 Å². The minimum Gasteiger partial charge on any atom is -0.326 e. The van der Waals surface area contributed by atoms with Crippen molar-refractivity contribution in [3.8, 4) is 21.7 Å². The highest BCUT2D eigenvalue weighted by Gasteiger charge is 2.14. The number of benzene rings is 4. The third-order valence-corrected chi connectivity index (χ3v) is 7.26. The number of hydrogen-bond acceptors (Lipinski definition) is 3. The smallest absolute Gasteiger partial charge is 0.124 e. The molecule has 6 rings (SSSR count). The molecule has 0 spiro atoms. The number of halogens is 1. The second-order valence-corrected chi connectivity index (χ2v) is 9.68. The number of aromatic nitrogens is 3. The number of nitrogens with zero attached hydrogens (tertiary/aromatic N) is 3. The molecule has 0 fully saturated rings.